The van der Waals surface area contributed by atoms with Crippen molar-refractivity contribution in [3.05, 3.63) is 51.0 Å². The Hall–Kier alpha value is -1.07. The van der Waals surface area contributed by atoms with Gasteiger partial charge in [-0.3, -0.25) is 0 Å². The van der Waals surface area contributed by atoms with E-state index in [-0.39, 0.29) is 0 Å². The first-order valence-corrected chi connectivity index (χ1v) is 7.02. The van der Waals surface area contributed by atoms with Crippen molar-refractivity contribution in [3.8, 4) is 0 Å². The molecule has 1 heterocycles. The van der Waals surface area contributed by atoms with Crippen molar-refractivity contribution in [1.29, 1.82) is 0 Å². The van der Waals surface area contributed by atoms with Gasteiger partial charge < -0.3 is 10.6 Å². The molecule has 0 saturated heterocycles. The number of halogens is 2. The van der Waals surface area contributed by atoms with E-state index in [1.807, 2.05) is 36.2 Å². The molecule has 0 aliphatic heterocycles. The van der Waals surface area contributed by atoms with Crippen LogP contribution >= 0.6 is 31.9 Å². The largest absolute Gasteiger partial charge is 0.396 e. The van der Waals surface area contributed by atoms with Crippen LogP contribution in [0.2, 0.25) is 0 Å². The standard InChI is InChI=1S/C13H13Br2N3/c1-18(8-9-4-2-3-5-11(9)15)13-12(16)6-10(14)7-17-13/h2-7H,8,16H2,1H3. The van der Waals surface area contributed by atoms with E-state index >= 15 is 0 Å². The minimum Gasteiger partial charge on any atom is -0.396 e. The Balaban J connectivity index is 2.22. The van der Waals surface area contributed by atoms with Crippen LogP contribution in [0.15, 0.2) is 45.5 Å². The average Bonchev–Trinajstić information content (AvgIpc) is 2.32. The maximum atomic E-state index is 5.97. The molecule has 0 saturated carbocycles. The van der Waals surface area contributed by atoms with Crippen LogP contribution in [-0.4, -0.2) is 12.0 Å². The zero-order chi connectivity index (χ0) is 13.1. The van der Waals surface area contributed by atoms with Crippen LogP contribution in [-0.2, 0) is 6.54 Å². The van der Waals surface area contributed by atoms with Crippen molar-refractivity contribution < 1.29 is 0 Å². The zero-order valence-electron chi connectivity index (χ0n) is 9.90. The second-order valence-corrected chi connectivity index (χ2v) is 5.78. The van der Waals surface area contributed by atoms with Crippen LogP contribution in [0.25, 0.3) is 0 Å². The Morgan fingerprint density at radius 3 is 2.67 bits per heavy atom. The molecule has 0 fully saturated rings. The molecule has 0 aliphatic rings. The van der Waals surface area contributed by atoms with Gasteiger partial charge in [0.15, 0.2) is 5.82 Å². The van der Waals surface area contributed by atoms with E-state index in [0.29, 0.717) is 5.69 Å². The molecule has 2 aromatic rings. The van der Waals surface area contributed by atoms with E-state index in [2.05, 4.69) is 42.9 Å². The first kappa shape index (κ1) is 13.4. The summed E-state index contributed by atoms with van der Waals surface area (Å²) >= 11 is 6.90. The molecule has 18 heavy (non-hydrogen) atoms. The Kier molecular flexibility index (Phi) is 4.24. The van der Waals surface area contributed by atoms with Gasteiger partial charge in [0.2, 0.25) is 0 Å². The van der Waals surface area contributed by atoms with Crippen LogP contribution in [0.3, 0.4) is 0 Å². The van der Waals surface area contributed by atoms with Gasteiger partial charge >= 0.3 is 0 Å². The molecular formula is C13H13Br2N3. The molecule has 1 aromatic heterocycles. The summed E-state index contributed by atoms with van der Waals surface area (Å²) in [6, 6.07) is 9.99. The minimum atomic E-state index is 0.666. The van der Waals surface area contributed by atoms with E-state index in [1.165, 1.54) is 5.56 Å². The fourth-order valence-corrected chi connectivity index (χ4v) is 2.48. The third-order valence-electron chi connectivity index (χ3n) is 2.59. The number of nitrogens with two attached hydrogens (primary N) is 1. The van der Waals surface area contributed by atoms with Gasteiger partial charge in [-0.2, -0.15) is 0 Å². The maximum absolute atomic E-state index is 5.97. The lowest BCUT2D eigenvalue weighted by molar-refractivity contribution is 0.895. The number of aromatic nitrogens is 1. The quantitative estimate of drug-likeness (QED) is 0.892. The molecule has 1 aromatic carbocycles. The van der Waals surface area contributed by atoms with Gasteiger partial charge in [-0.15, -0.1) is 0 Å². The summed E-state index contributed by atoms with van der Waals surface area (Å²) in [4.78, 5) is 6.37. The van der Waals surface area contributed by atoms with Gasteiger partial charge in [-0.25, -0.2) is 4.98 Å². The van der Waals surface area contributed by atoms with Crippen LogP contribution < -0.4 is 10.6 Å². The highest BCUT2D eigenvalue weighted by Crippen LogP contribution is 2.25. The van der Waals surface area contributed by atoms with Crippen molar-refractivity contribution in [1.82, 2.24) is 4.98 Å². The van der Waals surface area contributed by atoms with Crippen LogP contribution in [0.4, 0.5) is 11.5 Å². The summed E-state index contributed by atoms with van der Waals surface area (Å²) in [6.45, 7) is 0.750. The third kappa shape index (κ3) is 3.03. The Morgan fingerprint density at radius 1 is 1.28 bits per heavy atom. The number of rotatable bonds is 3. The monoisotopic (exact) mass is 369 g/mol. The van der Waals surface area contributed by atoms with Crippen LogP contribution in [0, 0.1) is 0 Å². The van der Waals surface area contributed by atoms with Gasteiger partial charge in [0.1, 0.15) is 0 Å². The fraction of sp³-hybridized carbons (Fsp3) is 0.154. The average molecular weight is 371 g/mol. The molecule has 3 nitrogen and oxygen atoms in total. The van der Waals surface area contributed by atoms with Crippen LogP contribution in [0.1, 0.15) is 5.56 Å². The molecule has 0 amide bonds. The Morgan fingerprint density at radius 2 is 2.00 bits per heavy atom. The molecular weight excluding hydrogens is 358 g/mol. The number of pyridine rings is 1. The highest BCUT2D eigenvalue weighted by molar-refractivity contribution is 9.10. The van der Waals surface area contributed by atoms with Gasteiger partial charge in [0.05, 0.1) is 5.69 Å². The van der Waals surface area contributed by atoms with Crippen LogP contribution in [0.5, 0.6) is 0 Å². The van der Waals surface area contributed by atoms with Gasteiger partial charge in [-0.05, 0) is 33.6 Å². The second kappa shape index (κ2) is 5.71. The molecule has 0 unspecified atom stereocenters. The normalized spacial score (nSPS) is 10.4. The van der Waals surface area contributed by atoms with Crippen molar-refractivity contribution in [2.75, 3.05) is 17.7 Å². The molecule has 2 rings (SSSR count). The molecule has 2 N–H and O–H groups in total. The fourth-order valence-electron chi connectivity index (χ4n) is 1.72. The summed E-state index contributed by atoms with van der Waals surface area (Å²) in [6.07, 6.45) is 1.75. The van der Waals surface area contributed by atoms with E-state index in [9.17, 15) is 0 Å². The Bertz CT molecular complexity index is 558. The minimum absolute atomic E-state index is 0.666. The van der Waals surface area contributed by atoms with Crippen molar-refractivity contribution in [2.24, 2.45) is 0 Å². The molecule has 0 spiro atoms. The molecule has 0 aliphatic carbocycles. The number of anilines is 2. The SMILES string of the molecule is CN(Cc1ccccc1Br)c1ncc(Br)cc1N. The van der Waals surface area contributed by atoms with E-state index in [1.54, 1.807) is 6.20 Å². The third-order valence-corrected chi connectivity index (χ3v) is 3.80. The molecule has 94 valence electrons. The number of nitrogens with zero attached hydrogens (tertiary/aromatic N) is 2. The number of hydrogen-bond acceptors (Lipinski definition) is 3. The summed E-state index contributed by atoms with van der Waals surface area (Å²) in [5.41, 5.74) is 7.83. The lowest BCUT2D eigenvalue weighted by atomic mass is 10.2. The predicted molar refractivity (Wildman–Crippen MR) is 82.6 cm³/mol. The topological polar surface area (TPSA) is 42.2 Å². The van der Waals surface area contributed by atoms with Gasteiger partial charge in [-0.1, -0.05) is 34.1 Å². The zero-order valence-corrected chi connectivity index (χ0v) is 13.1. The van der Waals surface area contributed by atoms with Crippen molar-refractivity contribution in [2.45, 2.75) is 6.54 Å². The van der Waals surface area contributed by atoms with Gasteiger partial charge in [0.25, 0.3) is 0 Å². The number of hydrogen-bond donors (Lipinski definition) is 1. The van der Waals surface area contributed by atoms with E-state index < -0.39 is 0 Å². The number of benzene rings is 1. The molecule has 5 heteroatoms. The lowest BCUT2D eigenvalue weighted by Gasteiger charge is -2.20. The highest BCUT2D eigenvalue weighted by Gasteiger charge is 2.09. The van der Waals surface area contributed by atoms with Crippen molar-refractivity contribution in [3.63, 3.8) is 0 Å². The lowest BCUT2D eigenvalue weighted by Crippen LogP contribution is -2.19. The first-order valence-electron chi connectivity index (χ1n) is 5.43. The summed E-state index contributed by atoms with van der Waals surface area (Å²) in [5, 5.41) is 0. The van der Waals surface area contributed by atoms with E-state index in [0.717, 1.165) is 21.3 Å². The molecule has 0 radical (unpaired) electrons. The molecule has 0 bridgehead atoms. The summed E-state index contributed by atoms with van der Waals surface area (Å²) < 4.78 is 1.98. The first-order chi connectivity index (χ1) is 8.58. The van der Waals surface area contributed by atoms with Gasteiger partial charge in [0, 0.05) is 28.7 Å². The summed E-state index contributed by atoms with van der Waals surface area (Å²) in [5.74, 6) is 0.786. The van der Waals surface area contributed by atoms with E-state index in [4.69, 9.17) is 5.73 Å². The maximum Gasteiger partial charge on any atom is 0.151 e. The number of nitrogen functional groups attached to an aromatic ring is 1. The Labute approximate surface area is 123 Å². The highest BCUT2D eigenvalue weighted by atomic mass is 79.9. The summed E-state index contributed by atoms with van der Waals surface area (Å²) in [7, 11) is 1.98. The predicted octanol–water partition coefficient (Wildman–Crippen LogP) is 3.83. The smallest absolute Gasteiger partial charge is 0.151 e. The second-order valence-electron chi connectivity index (χ2n) is 4.01. The van der Waals surface area contributed by atoms with Crippen molar-refractivity contribution >= 4 is 43.4 Å². The molecule has 0 atom stereocenters.